The second-order valence-corrected chi connectivity index (χ2v) is 4.04. The number of nitrogens with two attached hydrogens (primary N) is 1. The number of ether oxygens (including phenoxy) is 1. The summed E-state index contributed by atoms with van der Waals surface area (Å²) < 4.78 is 5.14. The van der Waals surface area contributed by atoms with E-state index in [4.69, 9.17) is 15.7 Å². The fourth-order valence-corrected chi connectivity index (χ4v) is 1.36. The van der Waals surface area contributed by atoms with Gasteiger partial charge in [0.05, 0.1) is 0 Å². The number of benzene rings is 1. The van der Waals surface area contributed by atoms with Crippen LogP contribution in [0.15, 0.2) is 24.3 Å². The van der Waals surface area contributed by atoms with Crippen molar-refractivity contribution in [2.24, 2.45) is 5.73 Å². The van der Waals surface area contributed by atoms with Gasteiger partial charge in [-0.15, -0.1) is 0 Å². The maximum Gasteiger partial charge on any atom is 0.224 e. The number of carbonyl (C=O) groups excluding carboxylic acids is 1. The lowest BCUT2D eigenvalue weighted by molar-refractivity contribution is -0.116. The summed E-state index contributed by atoms with van der Waals surface area (Å²) in [4.78, 5) is 11.6. The predicted octanol–water partition coefficient (Wildman–Crippen LogP) is 1.65. The Morgan fingerprint density at radius 2 is 2.39 bits per heavy atom. The van der Waals surface area contributed by atoms with Crippen molar-refractivity contribution < 1.29 is 9.53 Å². The number of hydrogen-bond donors (Lipinski definition) is 2. The quantitative estimate of drug-likeness (QED) is 0.800. The number of nitrogens with zero attached hydrogens (tertiary/aromatic N) is 1. The van der Waals surface area contributed by atoms with Crippen LogP contribution in [0, 0.1) is 11.3 Å². The Morgan fingerprint density at radius 3 is 3.06 bits per heavy atom. The Morgan fingerprint density at radius 1 is 1.61 bits per heavy atom. The first-order valence-corrected chi connectivity index (χ1v) is 5.77. The van der Waals surface area contributed by atoms with Crippen LogP contribution >= 0.6 is 0 Å². The molecule has 0 fully saturated rings. The molecule has 96 valence electrons. The molecule has 0 aliphatic heterocycles. The van der Waals surface area contributed by atoms with Crippen LogP contribution in [0.25, 0.3) is 0 Å². The van der Waals surface area contributed by atoms with Crippen LogP contribution in [-0.2, 0) is 4.79 Å². The van der Waals surface area contributed by atoms with E-state index in [1.165, 1.54) is 0 Å². The molecule has 0 spiro atoms. The number of nitriles is 1. The SMILES string of the molecule is CC(N)CCC(=O)Nc1cccc(OCC#N)c1. The van der Waals surface area contributed by atoms with Crippen molar-refractivity contribution in [2.45, 2.75) is 25.8 Å². The summed E-state index contributed by atoms with van der Waals surface area (Å²) in [6.45, 7) is 1.85. The standard InChI is InChI=1S/C13H17N3O2/c1-10(15)5-6-13(17)16-11-3-2-4-12(9-11)18-8-7-14/h2-4,9-10H,5-6,8,15H2,1H3,(H,16,17). The maximum absolute atomic E-state index is 11.6. The third-order valence-electron chi connectivity index (χ3n) is 2.25. The van der Waals surface area contributed by atoms with Gasteiger partial charge in [0.2, 0.25) is 5.91 Å². The summed E-state index contributed by atoms with van der Waals surface area (Å²) in [5, 5.41) is 11.2. The second kappa shape index (κ2) is 7.30. The van der Waals surface area contributed by atoms with Gasteiger partial charge in [0.25, 0.3) is 0 Å². The van der Waals surface area contributed by atoms with Gasteiger partial charge in [0, 0.05) is 24.2 Å². The molecule has 0 heterocycles. The van der Waals surface area contributed by atoms with E-state index < -0.39 is 0 Å². The number of carbonyl (C=O) groups is 1. The minimum atomic E-state index is -0.0790. The highest BCUT2D eigenvalue weighted by Crippen LogP contribution is 2.17. The first kappa shape index (κ1) is 14.0. The Labute approximate surface area is 107 Å². The summed E-state index contributed by atoms with van der Waals surface area (Å²) >= 11 is 0. The molecule has 0 bridgehead atoms. The fraction of sp³-hybridized carbons (Fsp3) is 0.385. The van der Waals surface area contributed by atoms with Crippen LogP contribution in [-0.4, -0.2) is 18.6 Å². The molecule has 1 aromatic rings. The zero-order valence-corrected chi connectivity index (χ0v) is 10.3. The topological polar surface area (TPSA) is 88.1 Å². The van der Waals surface area contributed by atoms with E-state index in [1.54, 1.807) is 24.3 Å². The van der Waals surface area contributed by atoms with Gasteiger partial charge in [-0.25, -0.2) is 0 Å². The third-order valence-corrected chi connectivity index (χ3v) is 2.25. The van der Waals surface area contributed by atoms with Crippen LogP contribution in [0.3, 0.4) is 0 Å². The summed E-state index contributed by atoms with van der Waals surface area (Å²) in [6.07, 6.45) is 1.04. The van der Waals surface area contributed by atoms with Crippen molar-refractivity contribution in [3.63, 3.8) is 0 Å². The molecule has 5 nitrogen and oxygen atoms in total. The fourth-order valence-electron chi connectivity index (χ4n) is 1.36. The van der Waals surface area contributed by atoms with Gasteiger partial charge in [0.1, 0.15) is 11.8 Å². The highest BCUT2D eigenvalue weighted by atomic mass is 16.5. The van der Waals surface area contributed by atoms with Crippen LogP contribution in [0.1, 0.15) is 19.8 Å². The lowest BCUT2D eigenvalue weighted by Crippen LogP contribution is -2.19. The Bertz CT molecular complexity index is 438. The van der Waals surface area contributed by atoms with Crippen LogP contribution in [0.2, 0.25) is 0 Å². The zero-order chi connectivity index (χ0) is 13.4. The number of amides is 1. The van der Waals surface area contributed by atoms with Crippen LogP contribution in [0.5, 0.6) is 5.75 Å². The molecular weight excluding hydrogens is 230 g/mol. The molecule has 0 aliphatic rings. The zero-order valence-electron chi connectivity index (χ0n) is 10.3. The Hall–Kier alpha value is -2.06. The predicted molar refractivity (Wildman–Crippen MR) is 69.1 cm³/mol. The lowest BCUT2D eigenvalue weighted by Gasteiger charge is -2.08. The molecule has 0 aromatic heterocycles. The molecule has 1 atom stereocenters. The summed E-state index contributed by atoms with van der Waals surface area (Å²) in [5.74, 6) is 0.478. The normalized spacial score (nSPS) is 11.4. The molecule has 1 amide bonds. The monoisotopic (exact) mass is 247 g/mol. The van der Waals surface area contributed by atoms with E-state index in [1.807, 2.05) is 13.0 Å². The molecule has 18 heavy (non-hydrogen) atoms. The molecule has 0 aliphatic carbocycles. The van der Waals surface area contributed by atoms with Crippen molar-refractivity contribution in [1.29, 1.82) is 5.26 Å². The van der Waals surface area contributed by atoms with Gasteiger partial charge in [-0.3, -0.25) is 4.79 Å². The van der Waals surface area contributed by atoms with Gasteiger partial charge in [0.15, 0.2) is 6.61 Å². The van der Waals surface area contributed by atoms with Crippen molar-refractivity contribution in [2.75, 3.05) is 11.9 Å². The van der Waals surface area contributed by atoms with Crippen molar-refractivity contribution in [3.8, 4) is 11.8 Å². The smallest absolute Gasteiger partial charge is 0.224 e. The highest BCUT2D eigenvalue weighted by Gasteiger charge is 2.05. The second-order valence-electron chi connectivity index (χ2n) is 4.04. The van der Waals surface area contributed by atoms with Crippen LogP contribution in [0.4, 0.5) is 5.69 Å². The average molecular weight is 247 g/mol. The van der Waals surface area contributed by atoms with E-state index >= 15 is 0 Å². The molecule has 5 heteroatoms. The van der Waals surface area contributed by atoms with Gasteiger partial charge in [-0.1, -0.05) is 6.07 Å². The highest BCUT2D eigenvalue weighted by molar-refractivity contribution is 5.90. The largest absolute Gasteiger partial charge is 0.479 e. The summed E-state index contributed by atoms with van der Waals surface area (Å²) in [5.41, 5.74) is 6.24. The van der Waals surface area contributed by atoms with Crippen LogP contribution < -0.4 is 15.8 Å². The van der Waals surface area contributed by atoms with Gasteiger partial charge >= 0.3 is 0 Å². The van der Waals surface area contributed by atoms with E-state index in [-0.39, 0.29) is 18.6 Å². The molecule has 0 saturated carbocycles. The Balaban J connectivity index is 2.51. The summed E-state index contributed by atoms with van der Waals surface area (Å²) in [6, 6.07) is 8.84. The number of hydrogen-bond acceptors (Lipinski definition) is 4. The van der Waals surface area contributed by atoms with Crippen molar-refractivity contribution in [3.05, 3.63) is 24.3 Å². The lowest BCUT2D eigenvalue weighted by atomic mass is 10.2. The molecule has 1 rings (SSSR count). The van der Waals surface area contributed by atoms with E-state index in [0.29, 0.717) is 24.3 Å². The number of anilines is 1. The molecule has 1 aromatic carbocycles. The van der Waals surface area contributed by atoms with E-state index in [9.17, 15) is 4.79 Å². The van der Waals surface area contributed by atoms with Crippen molar-refractivity contribution >= 4 is 11.6 Å². The minimum absolute atomic E-state index is 0.0118. The number of rotatable bonds is 6. The number of nitrogens with one attached hydrogen (secondary N) is 1. The molecule has 0 saturated heterocycles. The molecule has 3 N–H and O–H groups in total. The maximum atomic E-state index is 11.6. The first-order chi connectivity index (χ1) is 8.61. The van der Waals surface area contributed by atoms with E-state index in [0.717, 1.165) is 0 Å². The Kier molecular flexibility index (Phi) is 5.68. The van der Waals surface area contributed by atoms with E-state index in [2.05, 4.69) is 5.32 Å². The summed E-state index contributed by atoms with van der Waals surface area (Å²) in [7, 11) is 0. The molecule has 1 unspecified atom stereocenters. The molecule has 0 radical (unpaired) electrons. The van der Waals surface area contributed by atoms with Gasteiger partial charge in [-0.2, -0.15) is 5.26 Å². The molecular formula is C13H17N3O2. The first-order valence-electron chi connectivity index (χ1n) is 5.77. The van der Waals surface area contributed by atoms with Gasteiger partial charge < -0.3 is 15.8 Å². The minimum Gasteiger partial charge on any atom is -0.479 e. The van der Waals surface area contributed by atoms with Gasteiger partial charge in [-0.05, 0) is 25.5 Å². The third kappa shape index (κ3) is 5.32. The van der Waals surface area contributed by atoms with Crippen molar-refractivity contribution in [1.82, 2.24) is 0 Å². The average Bonchev–Trinajstić information content (AvgIpc) is 2.34.